The topological polar surface area (TPSA) is 0 Å². The van der Waals surface area contributed by atoms with Crippen molar-refractivity contribution in [3.8, 4) is 0 Å². The van der Waals surface area contributed by atoms with Crippen molar-refractivity contribution in [2.24, 2.45) is 0 Å². The summed E-state index contributed by atoms with van der Waals surface area (Å²) in [4.78, 5) is 0. The molecule has 0 spiro atoms. The van der Waals surface area contributed by atoms with Gasteiger partial charge in [0.1, 0.15) is 11.6 Å². The molecule has 0 nitrogen and oxygen atoms in total. The molecule has 0 atom stereocenters. The van der Waals surface area contributed by atoms with Crippen molar-refractivity contribution in [1.29, 1.82) is 0 Å². The van der Waals surface area contributed by atoms with Gasteiger partial charge in [-0.15, -0.1) is 0 Å². The summed E-state index contributed by atoms with van der Waals surface area (Å²) < 4.78 is 24.3. The van der Waals surface area contributed by atoms with Gasteiger partial charge in [-0.3, -0.25) is 0 Å². The summed E-state index contributed by atoms with van der Waals surface area (Å²) in [5.74, 6) is -1.17. The number of benzene rings is 1. The van der Waals surface area contributed by atoms with Gasteiger partial charge < -0.3 is 0 Å². The predicted molar refractivity (Wildman–Crippen MR) is 42.5 cm³/mol. The first-order valence-corrected chi connectivity index (χ1v) is 10.8. The number of hydrogen-bond acceptors (Lipinski definition) is 0. The van der Waals surface area contributed by atoms with E-state index in [4.69, 9.17) is 19.4 Å². The average molecular weight is 263 g/mol. The van der Waals surface area contributed by atoms with Crippen molar-refractivity contribution in [1.82, 2.24) is 0 Å². The zero-order valence-electron chi connectivity index (χ0n) is 6.16. The van der Waals surface area contributed by atoms with Crippen LogP contribution in [0, 0.1) is 18.6 Å². The van der Waals surface area contributed by atoms with Gasteiger partial charge in [0.15, 0.2) is 0 Å². The number of halogens is 4. The van der Waals surface area contributed by atoms with E-state index in [-0.39, 0.29) is 0 Å². The molecule has 1 aromatic carbocycles. The Morgan fingerprint density at radius 2 is 1.42 bits per heavy atom. The third kappa shape index (κ3) is 5.87. The molecule has 63 valence electrons. The van der Waals surface area contributed by atoms with E-state index in [0.29, 0.717) is 5.56 Å². The van der Waals surface area contributed by atoms with Crippen LogP contribution in [0.5, 0.6) is 0 Å². The van der Waals surface area contributed by atoms with Gasteiger partial charge in [0, 0.05) is 6.07 Å². The Hall–Kier alpha value is 0.283. The van der Waals surface area contributed by atoms with Crippen LogP contribution in [0.3, 0.4) is 0 Å². The summed E-state index contributed by atoms with van der Waals surface area (Å²) in [6.07, 6.45) is 0. The van der Waals surface area contributed by atoms with E-state index in [0.717, 1.165) is 6.07 Å². The molecule has 1 radical (unpaired) electrons. The maximum absolute atomic E-state index is 12.1. The van der Waals surface area contributed by atoms with Gasteiger partial charge in [0.25, 0.3) is 0 Å². The Labute approximate surface area is 85.6 Å². The summed E-state index contributed by atoms with van der Waals surface area (Å²) in [5.41, 5.74) is 0.354. The minimum atomic E-state index is -0.931. The molecule has 0 aromatic heterocycles. The fraction of sp³-hybridized carbons (Fsp3) is 0. The molecule has 0 aliphatic carbocycles. The molecule has 0 heterocycles. The molecule has 1 aromatic rings. The molecule has 0 fully saturated rings. The van der Waals surface area contributed by atoms with E-state index in [2.05, 4.69) is 6.92 Å². The first-order chi connectivity index (χ1) is 5.60. The first-order valence-electron chi connectivity index (χ1n) is 3.00. The Morgan fingerprint density at radius 1 is 1.08 bits per heavy atom. The SMILES string of the molecule is [CH2]c1cc(F)cc(F)c1.[Cl][Zn][Cl]. The molecule has 0 aliphatic rings. The third-order valence-electron chi connectivity index (χ3n) is 0.922. The monoisotopic (exact) mass is 261 g/mol. The van der Waals surface area contributed by atoms with Crippen molar-refractivity contribution in [3.63, 3.8) is 0 Å². The Bertz CT molecular complexity index is 192. The van der Waals surface area contributed by atoms with Crippen molar-refractivity contribution in [3.05, 3.63) is 42.3 Å². The van der Waals surface area contributed by atoms with E-state index < -0.39 is 26.8 Å². The first kappa shape index (κ1) is 12.3. The third-order valence-corrected chi connectivity index (χ3v) is 0.922. The fourth-order valence-corrected chi connectivity index (χ4v) is 0.611. The molecule has 0 aliphatic heterocycles. The zero-order chi connectivity index (χ0) is 9.56. The van der Waals surface area contributed by atoms with Crippen LogP contribution in [0.1, 0.15) is 5.56 Å². The predicted octanol–water partition coefficient (Wildman–Crippen LogP) is 3.52. The maximum atomic E-state index is 12.1. The molecule has 0 bridgehead atoms. The Kier molecular flexibility index (Phi) is 6.92. The molecule has 5 heteroatoms. The van der Waals surface area contributed by atoms with Crippen LogP contribution in [0.4, 0.5) is 8.78 Å². The number of rotatable bonds is 0. The molecule has 0 saturated carbocycles. The van der Waals surface area contributed by atoms with E-state index in [1.54, 1.807) is 0 Å². The van der Waals surface area contributed by atoms with Gasteiger partial charge in [-0.25, -0.2) is 8.78 Å². The average Bonchev–Trinajstić information content (AvgIpc) is 1.84. The van der Waals surface area contributed by atoms with Crippen LogP contribution in [-0.4, -0.2) is 0 Å². The van der Waals surface area contributed by atoms with E-state index in [1.165, 1.54) is 12.1 Å². The molecule has 0 unspecified atom stereocenters. The Morgan fingerprint density at radius 3 is 1.67 bits per heavy atom. The van der Waals surface area contributed by atoms with Gasteiger partial charge >= 0.3 is 34.5 Å². The molecule has 0 saturated heterocycles. The summed E-state index contributed by atoms with van der Waals surface area (Å²) >= 11 is -0.931. The van der Waals surface area contributed by atoms with Crippen molar-refractivity contribution < 1.29 is 23.9 Å². The van der Waals surface area contributed by atoms with E-state index in [1.807, 2.05) is 0 Å². The number of hydrogen-bond donors (Lipinski definition) is 0. The van der Waals surface area contributed by atoms with Gasteiger partial charge in [0.05, 0.1) is 0 Å². The normalized spacial score (nSPS) is 8.08. The minimum absolute atomic E-state index is 0.354. The molecular formula is C7H5Cl2F2Zn. The summed E-state index contributed by atoms with van der Waals surface area (Å²) in [6, 6.07) is 3.15. The second-order valence-corrected chi connectivity index (χ2v) is 6.50. The van der Waals surface area contributed by atoms with Crippen LogP contribution in [0.25, 0.3) is 0 Å². The van der Waals surface area contributed by atoms with Crippen molar-refractivity contribution in [2.75, 3.05) is 0 Å². The van der Waals surface area contributed by atoms with Crippen LogP contribution in [0.15, 0.2) is 18.2 Å². The second-order valence-electron chi connectivity index (χ2n) is 1.88. The van der Waals surface area contributed by atoms with Gasteiger partial charge in [-0.1, -0.05) is 0 Å². The van der Waals surface area contributed by atoms with E-state index >= 15 is 0 Å². The van der Waals surface area contributed by atoms with Gasteiger partial charge in [-0.2, -0.15) is 0 Å². The van der Waals surface area contributed by atoms with E-state index in [9.17, 15) is 8.78 Å². The zero-order valence-corrected chi connectivity index (χ0v) is 10.6. The van der Waals surface area contributed by atoms with Crippen LogP contribution in [-0.2, 0) is 15.1 Å². The quantitative estimate of drug-likeness (QED) is 0.628. The van der Waals surface area contributed by atoms with Crippen LogP contribution in [0.2, 0.25) is 0 Å². The fourth-order valence-electron chi connectivity index (χ4n) is 0.611. The standard InChI is InChI=1S/C7H5F2.2ClH.Zn/c1-5-2-6(8)4-7(9)3-5;;;/h2-4H,1H2;2*1H;/q;;;+2/p-2. The second kappa shape index (κ2) is 6.76. The summed E-state index contributed by atoms with van der Waals surface area (Å²) in [5, 5.41) is 0. The molecule has 1 rings (SSSR count). The Balaban J connectivity index is 0.000000354. The molecule has 0 amide bonds. The van der Waals surface area contributed by atoms with Crippen LogP contribution < -0.4 is 0 Å². The summed E-state index contributed by atoms with van der Waals surface area (Å²) in [7, 11) is 9.90. The molecule has 0 N–H and O–H groups in total. The van der Waals surface area contributed by atoms with Crippen LogP contribution >= 0.6 is 19.4 Å². The van der Waals surface area contributed by atoms with Crippen molar-refractivity contribution in [2.45, 2.75) is 0 Å². The molecule has 12 heavy (non-hydrogen) atoms. The van der Waals surface area contributed by atoms with Gasteiger partial charge in [-0.05, 0) is 24.6 Å². The van der Waals surface area contributed by atoms with Gasteiger partial charge in [0.2, 0.25) is 0 Å². The van der Waals surface area contributed by atoms with Crippen molar-refractivity contribution >= 4 is 19.4 Å². The molecular weight excluding hydrogens is 258 g/mol. The summed E-state index contributed by atoms with van der Waals surface area (Å²) in [6.45, 7) is 3.36.